The van der Waals surface area contributed by atoms with Crippen LogP contribution in [0.15, 0.2) is 24.5 Å². The Morgan fingerprint density at radius 2 is 2.29 bits per heavy atom. The van der Waals surface area contributed by atoms with Crippen LogP contribution in [0.4, 0.5) is 5.69 Å². The first-order valence-electron chi connectivity index (χ1n) is 3.73. The van der Waals surface area contributed by atoms with Crippen LogP contribution in [0.2, 0.25) is 5.15 Å². The molecule has 70 valence electrons. The molecule has 2 heterocycles. The first kappa shape index (κ1) is 8.83. The Morgan fingerprint density at radius 3 is 3.00 bits per heavy atom. The van der Waals surface area contributed by atoms with Crippen molar-refractivity contribution in [2.45, 2.75) is 0 Å². The molecule has 5 nitrogen and oxygen atoms in total. The summed E-state index contributed by atoms with van der Waals surface area (Å²) in [5.74, 6) is 0. The summed E-state index contributed by atoms with van der Waals surface area (Å²) in [5.41, 5.74) is 0.391. The van der Waals surface area contributed by atoms with Gasteiger partial charge in [0.1, 0.15) is 0 Å². The van der Waals surface area contributed by atoms with Crippen molar-refractivity contribution in [1.82, 2.24) is 9.97 Å². The van der Waals surface area contributed by atoms with Crippen LogP contribution in [-0.2, 0) is 0 Å². The molecule has 0 fully saturated rings. The van der Waals surface area contributed by atoms with E-state index in [1.165, 1.54) is 12.3 Å². The van der Waals surface area contributed by atoms with Crippen molar-refractivity contribution in [1.29, 1.82) is 0 Å². The molecule has 0 atom stereocenters. The number of hydrogen-bond acceptors (Lipinski definition) is 4. The van der Waals surface area contributed by atoms with Gasteiger partial charge in [0, 0.05) is 23.8 Å². The maximum atomic E-state index is 10.5. The lowest BCUT2D eigenvalue weighted by molar-refractivity contribution is -0.384. The average Bonchev–Trinajstić information content (AvgIpc) is 2.16. The van der Waals surface area contributed by atoms with Crippen LogP contribution in [-0.4, -0.2) is 14.9 Å². The number of rotatable bonds is 1. The van der Waals surface area contributed by atoms with Gasteiger partial charge in [0.2, 0.25) is 5.15 Å². The Balaban J connectivity index is 2.77. The quantitative estimate of drug-likeness (QED) is 0.410. The summed E-state index contributed by atoms with van der Waals surface area (Å²) >= 11 is 5.63. The molecule has 0 radical (unpaired) electrons. The number of fused-ring (bicyclic) bond motifs is 1. The highest BCUT2D eigenvalue weighted by atomic mass is 35.5. The summed E-state index contributed by atoms with van der Waals surface area (Å²) in [7, 11) is 0. The second-order valence-corrected chi connectivity index (χ2v) is 2.98. The van der Waals surface area contributed by atoms with Gasteiger partial charge in [0.15, 0.2) is 0 Å². The highest BCUT2D eigenvalue weighted by Gasteiger charge is 2.14. The summed E-state index contributed by atoms with van der Waals surface area (Å²) in [6.07, 6.45) is 3.06. The minimum absolute atomic E-state index is 0.103. The lowest BCUT2D eigenvalue weighted by Crippen LogP contribution is -1.92. The van der Waals surface area contributed by atoms with Gasteiger partial charge in [-0.2, -0.15) is 0 Å². The smallest absolute Gasteiger partial charge is 0.264 e. The first-order valence-corrected chi connectivity index (χ1v) is 4.11. The molecular formula is C8H4ClN3O2. The fourth-order valence-electron chi connectivity index (χ4n) is 1.11. The Hall–Kier alpha value is -1.75. The van der Waals surface area contributed by atoms with Gasteiger partial charge in [-0.25, -0.2) is 4.98 Å². The van der Waals surface area contributed by atoms with Crippen molar-refractivity contribution in [3.05, 3.63) is 39.8 Å². The van der Waals surface area contributed by atoms with Gasteiger partial charge in [-0.05, 0) is 6.07 Å². The van der Waals surface area contributed by atoms with Crippen molar-refractivity contribution in [2.75, 3.05) is 0 Å². The maximum Gasteiger partial charge on any atom is 0.307 e. The van der Waals surface area contributed by atoms with E-state index in [0.29, 0.717) is 10.9 Å². The Morgan fingerprint density at radius 1 is 1.50 bits per heavy atom. The van der Waals surface area contributed by atoms with Crippen molar-refractivity contribution in [2.24, 2.45) is 0 Å². The Bertz CT molecular complexity index is 515. The molecule has 0 bridgehead atoms. The minimum Gasteiger partial charge on any atom is -0.264 e. The Labute approximate surface area is 83.5 Å². The van der Waals surface area contributed by atoms with E-state index in [1.807, 2.05) is 0 Å². The summed E-state index contributed by atoms with van der Waals surface area (Å²) < 4.78 is 0. The fraction of sp³-hybridized carbons (Fsp3) is 0. The molecule has 0 N–H and O–H groups in total. The summed E-state index contributed by atoms with van der Waals surface area (Å²) in [6.45, 7) is 0. The molecule has 0 aromatic carbocycles. The van der Waals surface area contributed by atoms with E-state index in [4.69, 9.17) is 11.6 Å². The van der Waals surface area contributed by atoms with Crippen LogP contribution in [0.5, 0.6) is 0 Å². The van der Waals surface area contributed by atoms with Crippen LogP contribution in [0.1, 0.15) is 0 Å². The number of halogens is 1. The Kier molecular flexibility index (Phi) is 2.01. The largest absolute Gasteiger partial charge is 0.307 e. The highest BCUT2D eigenvalue weighted by molar-refractivity contribution is 6.31. The lowest BCUT2D eigenvalue weighted by atomic mass is 10.2. The second-order valence-electron chi connectivity index (χ2n) is 2.62. The van der Waals surface area contributed by atoms with E-state index >= 15 is 0 Å². The maximum absolute atomic E-state index is 10.5. The van der Waals surface area contributed by atoms with Gasteiger partial charge < -0.3 is 0 Å². The molecule has 0 saturated heterocycles. The molecule has 0 amide bonds. The molecule has 0 unspecified atom stereocenters. The van der Waals surface area contributed by atoms with E-state index in [2.05, 4.69) is 9.97 Å². The predicted molar refractivity (Wildman–Crippen MR) is 51.2 cm³/mol. The number of aromatic nitrogens is 2. The molecule has 6 heteroatoms. The number of nitrogens with zero attached hydrogens (tertiary/aromatic N) is 3. The zero-order valence-corrected chi connectivity index (χ0v) is 7.60. The van der Waals surface area contributed by atoms with Crippen molar-refractivity contribution < 1.29 is 4.92 Å². The zero-order chi connectivity index (χ0) is 10.1. The highest BCUT2D eigenvalue weighted by Crippen LogP contribution is 2.25. The molecule has 14 heavy (non-hydrogen) atoms. The predicted octanol–water partition coefficient (Wildman–Crippen LogP) is 2.19. The van der Waals surface area contributed by atoms with Crippen molar-refractivity contribution in [3.8, 4) is 0 Å². The summed E-state index contributed by atoms with van der Waals surface area (Å²) in [6, 6.07) is 3.00. The third-order valence-corrected chi connectivity index (χ3v) is 2.02. The van der Waals surface area contributed by atoms with Crippen LogP contribution >= 0.6 is 11.6 Å². The average molecular weight is 210 g/mol. The molecule has 2 rings (SSSR count). The molecule has 0 spiro atoms. The van der Waals surface area contributed by atoms with Gasteiger partial charge in [-0.15, -0.1) is 0 Å². The van der Waals surface area contributed by atoms with E-state index < -0.39 is 4.92 Å². The topological polar surface area (TPSA) is 68.9 Å². The van der Waals surface area contributed by atoms with Gasteiger partial charge >= 0.3 is 5.69 Å². The first-order chi connectivity index (χ1) is 6.68. The van der Waals surface area contributed by atoms with E-state index in [0.717, 1.165) is 0 Å². The summed E-state index contributed by atoms with van der Waals surface area (Å²) in [5, 5.41) is 11.0. The third kappa shape index (κ3) is 1.38. The molecule has 0 saturated carbocycles. The van der Waals surface area contributed by atoms with E-state index in [9.17, 15) is 10.1 Å². The SMILES string of the molecule is O=[N+]([O-])c1cc2cnccc2nc1Cl. The van der Waals surface area contributed by atoms with Crippen LogP contribution in [0.25, 0.3) is 10.9 Å². The van der Waals surface area contributed by atoms with Crippen molar-refractivity contribution >= 4 is 28.2 Å². The van der Waals surface area contributed by atoms with Crippen LogP contribution in [0.3, 0.4) is 0 Å². The van der Waals surface area contributed by atoms with E-state index in [-0.39, 0.29) is 10.8 Å². The standard InChI is InChI=1S/C8H4ClN3O2/c9-8-7(12(13)14)3-5-4-10-2-1-6(5)11-8/h1-4H. The van der Waals surface area contributed by atoms with Gasteiger partial charge in [0.25, 0.3) is 0 Å². The normalized spacial score (nSPS) is 10.4. The van der Waals surface area contributed by atoms with Crippen LogP contribution in [0, 0.1) is 10.1 Å². The van der Waals surface area contributed by atoms with Gasteiger partial charge in [-0.1, -0.05) is 11.6 Å². The number of hydrogen-bond donors (Lipinski definition) is 0. The molecule has 2 aromatic heterocycles. The van der Waals surface area contributed by atoms with E-state index in [1.54, 1.807) is 12.3 Å². The molecule has 0 aliphatic carbocycles. The number of nitro groups is 1. The van der Waals surface area contributed by atoms with Gasteiger partial charge in [-0.3, -0.25) is 15.1 Å². The lowest BCUT2D eigenvalue weighted by Gasteiger charge is -1.97. The molecular weight excluding hydrogens is 206 g/mol. The zero-order valence-electron chi connectivity index (χ0n) is 6.85. The fourth-order valence-corrected chi connectivity index (χ4v) is 1.32. The monoisotopic (exact) mass is 209 g/mol. The van der Waals surface area contributed by atoms with Crippen LogP contribution < -0.4 is 0 Å². The molecule has 0 aliphatic heterocycles. The second kappa shape index (κ2) is 3.19. The molecule has 0 aliphatic rings. The molecule has 2 aromatic rings. The summed E-state index contributed by atoms with van der Waals surface area (Å²) in [4.78, 5) is 17.7. The third-order valence-electron chi connectivity index (χ3n) is 1.75. The van der Waals surface area contributed by atoms with Gasteiger partial charge in [0.05, 0.1) is 10.4 Å². The number of pyridine rings is 2. The van der Waals surface area contributed by atoms with Crippen molar-refractivity contribution in [3.63, 3.8) is 0 Å². The minimum atomic E-state index is -0.568.